The number of aliphatic carboxylic acids is 2. The van der Waals surface area contributed by atoms with E-state index in [4.69, 9.17) is 5.11 Å². The highest BCUT2D eigenvalue weighted by Gasteiger charge is 2.38. The minimum atomic E-state index is -1.29. The van der Waals surface area contributed by atoms with Crippen molar-refractivity contribution in [3.8, 4) is 0 Å². The molecule has 0 bridgehead atoms. The summed E-state index contributed by atoms with van der Waals surface area (Å²) < 4.78 is 0. The molecule has 2 unspecified atom stereocenters. The van der Waals surface area contributed by atoms with E-state index in [9.17, 15) is 34.4 Å². The van der Waals surface area contributed by atoms with Gasteiger partial charge in [0.05, 0.1) is 4.92 Å². The lowest BCUT2D eigenvalue weighted by molar-refractivity contribution is -0.403. The molecule has 0 aromatic heterocycles. The van der Waals surface area contributed by atoms with Crippen LogP contribution in [0.25, 0.3) is 0 Å². The number of carbonyl (C=O) groups is 4. The maximum Gasteiger partial charge on any atom is 0.326 e. The van der Waals surface area contributed by atoms with Crippen LogP contribution in [0.5, 0.6) is 0 Å². The molecule has 3 aromatic rings. The first-order valence-corrected chi connectivity index (χ1v) is 14.1. The van der Waals surface area contributed by atoms with Gasteiger partial charge in [-0.2, -0.15) is 0 Å². The smallest absolute Gasteiger partial charge is 0.326 e. The summed E-state index contributed by atoms with van der Waals surface area (Å²) >= 11 is 0. The van der Waals surface area contributed by atoms with Crippen LogP contribution >= 0.6 is 0 Å². The van der Waals surface area contributed by atoms with Gasteiger partial charge in [-0.1, -0.05) is 48.0 Å². The first-order chi connectivity index (χ1) is 21.4. The van der Waals surface area contributed by atoms with Crippen molar-refractivity contribution in [2.24, 2.45) is 0 Å². The number of hydrogen-bond acceptors (Lipinski definition) is 8. The molecular formula is C32H33N5O8. The number of fused-ring (bicyclic) bond motifs is 1. The molecule has 2 atom stereocenters. The number of anilines is 2. The van der Waals surface area contributed by atoms with E-state index >= 15 is 0 Å². The van der Waals surface area contributed by atoms with E-state index in [2.05, 4.69) is 16.0 Å². The van der Waals surface area contributed by atoms with Crippen LogP contribution in [-0.4, -0.2) is 49.8 Å². The molecule has 1 aliphatic heterocycles. The van der Waals surface area contributed by atoms with Gasteiger partial charge >= 0.3 is 11.9 Å². The molecular weight excluding hydrogens is 582 g/mol. The Labute approximate surface area is 258 Å². The first kappa shape index (κ1) is 32.2. The zero-order valence-electron chi connectivity index (χ0n) is 24.6. The van der Waals surface area contributed by atoms with E-state index in [1.807, 2.05) is 19.1 Å². The second-order valence-electron chi connectivity index (χ2n) is 10.7. The highest BCUT2D eigenvalue weighted by atomic mass is 16.6. The number of aryl methyl sites for hydroxylation is 2. The molecule has 45 heavy (non-hydrogen) atoms. The molecule has 1 aliphatic rings. The van der Waals surface area contributed by atoms with E-state index < -0.39 is 34.9 Å². The highest BCUT2D eigenvalue weighted by molar-refractivity contribution is 5.92. The van der Waals surface area contributed by atoms with E-state index in [1.165, 1.54) is 11.8 Å². The molecule has 0 fully saturated rings. The average molecular weight is 616 g/mol. The fourth-order valence-corrected chi connectivity index (χ4v) is 5.03. The van der Waals surface area contributed by atoms with Crippen LogP contribution in [0.4, 0.5) is 11.4 Å². The number of hydrogen-bond donors (Lipinski definition) is 5. The lowest BCUT2D eigenvalue weighted by Crippen LogP contribution is -2.47. The van der Waals surface area contributed by atoms with Crippen molar-refractivity contribution in [3.63, 3.8) is 0 Å². The SMILES string of the molecule is CC(=O)N1Cc2cc(NC(=C[N+](=O)[O-])Nc3ccc(C)cc3)ccc2C1C(=O)NC(Cc1ccc(CCC(=O)O)cc1)C(=O)O. The summed E-state index contributed by atoms with van der Waals surface area (Å²) in [4.78, 5) is 61.0. The summed E-state index contributed by atoms with van der Waals surface area (Å²) in [6.07, 6.45) is 1.08. The van der Waals surface area contributed by atoms with Crippen molar-refractivity contribution in [1.29, 1.82) is 0 Å². The third kappa shape index (κ3) is 8.66. The van der Waals surface area contributed by atoms with Gasteiger partial charge < -0.3 is 31.1 Å². The van der Waals surface area contributed by atoms with E-state index in [0.29, 0.717) is 34.5 Å². The molecule has 0 radical (unpaired) electrons. The van der Waals surface area contributed by atoms with Gasteiger partial charge in [-0.05, 0) is 59.9 Å². The van der Waals surface area contributed by atoms with Crippen LogP contribution in [0.1, 0.15) is 47.2 Å². The molecule has 0 spiro atoms. The highest BCUT2D eigenvalue weighted by Crippen LogP contribution is 2.36. The first-order valence-electron chi connectivity index (χ1n) is 14.1. The molecule has 0 saturated carbocycles. The average Bonchev–Trinajstić information content (AvgIpc) is 3.36. The van der Waals surface area contributed by atoms with Gasteiger partial charge in [0.1, 0.15) is 12.1 Å². The Morgan fingerprint density at radius 2 is 1.60 bits per heavy atom. The number of carboxylic acid groups (broad SMARTS) is 2. The number of amides is 2. The predicted octanol–water partition coefficient (Wildman–Crippen LogP) is 3.83. The van der Waals surface area contributed by atoms with E-state index in [-0.39, 0.29) is 31.1 Å². The lowest BCUT2D eigenvalue weighted by atomic mass is 10.0. The fraction of sp³-hybridized carbons (Fsp3) is 0.250. The Morgan fingerprint density at radius 3 is 2.20 bits per heavy atom. The van der Waals surface area contributed by atoms with Crippen molar-refractivity contribution >= 4 is 35.1 Å². The number of carboxylic acids is 2. The Bertz CT molecular complexity index is 1640. The van der Waals surface area contributed by atoms with Crippen molar-refractivity contribution in [3.05, 3.63) is 117 Å². The van der Waals surface area contributed by atoms with Gasteiger partial charge in [0, 0.05) is 37.7 Å². The third-order valence-electron chi connectivity index (χ3n) is 7.29. The topological polar surface area (TPSA) is 191 Å². The Morgan fingerprint density at radius 1 is 0.978 bits per heavy atom. The van der Waals surface area contributed by atoms with Gasteiger partial charge in [0.15, 0.2) is 5.82 Å². The molecule has 13 heteroatoms. The van der Waals surface area contributed by atoms with Crippen molar-refractivity contribution in [1.82, 2.24) is 10.2 Å². The zero-order chi connectivity index (χ0) is 32.7. The second kappa shape index (κ2) is 14.2. The van der Waals surface area contributed by atoms with Crippen LogP contribution in [-0.2, 0) is 38.6 Å². The monoisotopic (exact) mass is 615 g/mol. The van der Waals surface area contributed by atoms with E-state index in [0.717, 1.165) is 17.3 Å². The summed E-state index contributed by atoms with van der Waals surface area (Å²) in [7, 11) is 0. The van der Waals surface area contributed by atoms with Crippen LogP contribution in [0, 0.1) is 17.0 Å². The van der Waals surface area contributed by atoms with Crippen molar-refractivity contribution in [2.45, 2.75) is 51.7 Å². The number of nitrogens with zero attached hydrogens (tertiary/aromatic N) is 2. The number of benzene rings is 3. The van der Waals surface area contributed by atoms with E-state index in [1.54, 1.807) is 54.6 Å². The van der Waals surface area contributed by atoms with Crippen molar-refractivity contribution in [2.75, 3.05) is 10.6 Å². The predicted molar refractivity (Wildman–Crippen MR) is 165 cm³/mol. The summed E-state index contributed by atoms with van der Waals surface area (Å²) in [5.41, 5.74) is 4.67. The van der Waals surface area contributed by atoms with Gasteiger partial charge in [-0.15, -0.1) is 0 Å². The Hall–Kier alpha value is -5.72. The maximum atomic E-state index is 13.5. The molecule has 13 nitrogen and oxygen atoms in total. The number of nitrogens with one attached hydrogen (secondary N) is 3. The minimum absolute atomic E-state index is 0.0255. The molecule has 3 aromatic carbocycles. The molecule has 234 valence electrons. The number of nitro groups is 1. The van der Waals surface area contributed by atoms with Crippen molar-refractivity contribution < 1.29 is 34.3 Å². The van der Waals surface area contributed by atoms with Crippen LogP contribution in [0.3, 0.4) is 0 Å². The van der Waals surface area contributed by atoms with Gasteiger partial charge in [0.2, 0.25) is 11.8 Å². The Kier molecular flexibility index (Phi) is 10.1. The fourth-order valence-electron chi connectivity index (χ4n) is 5.03. The molecule has 4 rings (SSSR count). The van der Waals surface area contributed by atoms with Gasteiger partial charge in [-0.25, -0.2) is 4.79 Å². The Balaban J connectivity index is 1.51. The number of carbonyl (C=O) groups excluding carboxylic acids is 2. The van der Waals surface area contributed by atoms with Gasteiger partial charge in [-0.3, -0.25) is 24.5 Å². The molecule has 0 saturated heterocycles. The third-order valence-corrected chi connectivity index (χ3v) is 7.29. The molecule has 5 N–H and O–H groups in total. The molecule has 0 aliphatic carbocycles. The van der Waals surface area contributed by atoms with Crippen LogP contribution < -0.4 is 16.0 Å². The van der Waals surface area contributed by atoms with Crippen LogP contribution in [0.15, 0.2) is 78.8 Å². The quantitative estimate of drug-likeness (QED) is 0.139. The van der Waals surface area contributed by atoms with Gasteiger partial charge in [0.25, 0.3) is 6.20 Å². The largest absolute Gasteiger partial charge is 0.481 e. The second-order valence-corrected chi connectivity index (χ2v) is 10.7. The molecule has 2 amide bonds. The maximum absolute atomic E-state index is 13.5. The standard InChI is InChI=1S/C32H33N5O8/c1-19-3-10-24(11-4-19)33-28(18-37(44)45)34-25-12-13-26-23(16-25)17-36(20(2)38)30(26)31(41)35-27(32(42)43)15-22-7-5-21(6-8-22)9-14-29(39)40/h3-8,10-13,16,18,27,30,33-34H,9,14-15,17H2,1-2H3,(H,35,41)(H,39,40)(H,42,43). The van der Waals surface area contributed by atoms with Crippen LogP contribution in [0.2, 0.25) is 0 Å². The lowest BCUT2D eigenvalue weighted by Gasteiger charge is -2.25. The summed E-state index contributed by atoms with van der Waals surface area (Å²) in [5.74, 6) is -3.13. The minimum Gasteiger partial charge on any atom is -0.481 e. The molecule has 1 heterocycles. The zero-order valence-corrected chi connectivity index (χ0v) is 24.6. The summed E-state index contributed by atoms with van der Waals surface area (Å²) in [6, 6.07) is 16.7. The summed E-state index contributed by atoms with van der Waals surface area (Å²) in [5, 5.41) is 38.5. The number of rotatable bonds is 13. The normalized spacial score (nSPS) is 14.7. The summed E-state index contributed by atoms with van der Waals surface area (Å²) in [6.45, 7) is 3.31.